The average molecular weight is 459 g/mol. The van der Waals surface area contributed by atoms with Crippen LogP contribution in [0, 0.1) is 13.8 Å². The van der Waals surface area contributed by atoms with Crippen LogP contribution in [0.3, 0.4) is 0 Å². The molecular formula is C27H26N2O5. The number of carbonyl (C=O) groups excluding carboxylic acids is 2. The number of hydrogen-bond donors (Lipinski definition) is 3. The molecule has 0 bridgehead atoms. The molecule has 1 aliphatic rings. The lowest BCUT2D eigenvalue weighted by Gasteiger charge is -2.19. The average Bonchev–Trinajstić information content (AvgIpc) is 3.12. The molecule has 174 valence electrons. The van der Waals surface area contributed by atoms with E-state index in [0.717, 1.165) is 38.9 Å². The zero-order chi connectivity index (χ0) is 24.4. The lowest BCUT2D eigenvalue weighted by atomic mass is 9.94. The highest BCUT2D eigenvalue weighted by atomic mass is 16.5. The number of nitrogens with one attached hydrogen (secondary N) is 1. The maximum atomic E-state index is 12.6. The molecule has 0 unspecified atom stereocenters. The van der Waals surface area contributed by atoms with Crippen molar-refractivity contribution >= 4 is 18.0 Å². The van der Waals surface area contributed by atoms with E-state index in [2.05, 4.69) is 5.32 Å². The van der Waals surface area contributed by atoms with Gasteiger partial charge in [-0.05, 0) is 64.9 Å². The molecule has 1 aliphatic carbocycles. The number of carboxylic acid groups (broad SMARTS) is 1. The second-order valence-electron chi connectivity index (χ2n) is 8.52. The van der Waals surface area contributed by atoms with Crippen molar-refractivity contribution in [3.8, 4) is 11.1 Å². The summed E-state index contributed by atoms with van der Waals surface area (Å²) >= 11 is 0. The van der Waals surface area contributed by atoms with Gasteiger partial charge in [0.15, 0.2) is 0 Å². The molecule has 0 fully saturated rings. The van der Waals surface area contributed by atoms with Gasteiger partial charge in [-0.25, -0.2) is 9.59 Å². The topological polar surface area (TPSA) is 119 Å². The number of benzene rings is 3. The van der Waals surface area contributed by atoms with E-state index in [1.165, 1.54) is 0 Å². The van der Waals surface area contributed by atoms with Crippen molar-refractivity contribution < 1.29 is 24.2 Å². The number of ether oxygens (including phenoxy) is 1. The molecule has 4 rings (SSSR count). The number of fused-ring (bicyclic) bond motifs is 3. The van der Waals surface area contributed by atoms with Gasteiger partial charge in [0.2, 0.25) is 5.91 Å². The smallest absolute Gasteiger partial charge is 0.407 e. The second-order valence-corrected chi connectivity index (χ2v) is 8.52. The van der Waals surface area contributed by atoms with Crippen molar-refractivity contribution in [1.82, 2.24) is 5.32 Å². The number of carboxylic acids is 1. The maximum Gasteiger partial charge on any atom is 0.407 e. The molecule has 3 aromatic rings. The van der Waals surface area contributed by atoms with E-state index in [0.29, 0.717) is 5.56 Å². The van der Waals surface area contributed by atoms with E-state index in [1.807, 2.05) is 48.5 Å². The van der Waals surface area contributed by atoms with Crippen LogP contribution in [-0.4, -0.2) is 35.7 Å². The van der Waals surface area contributed by atoms with Crippen molar-refractivity contribution in [2.24, 2.45) is 5.73 Å². The van der Waals surface area contributed by atoms with Crippen LogP contribution in [0.15, 0.2) is 60.7 Å². The molecule has 4 N–H and O–H groups in total. The Bertz CT molecular complexity index is 1220. The SMILES string of the molecule is Cc1cc(C(N)=O)cc(C)c1C[C@H](NC(=O)OCC1c2ccccc2-c2ccccc21)C(=O)O. The van der Waals surface area contributed by atoms with Gasteiger partial charge in [0.05, 0.1) is 0 Å². The number of amides is 2. The number of rotatable bonds is 7. The molecule has 0 saturated heterocycles. The predicted molar refractivity (Wildman–Crippen MR) is 128 cm³/mol. The Kier molecular flexibility index (Phi) is 6.36. The van der Waals surface area contributed by atoms with Crippen molar-refractivity contribution in [1.29, 1.82) is 0 Å². The number of aryl methyl sites for hydroxylation is 2. The summed E-state index contributed by atoms with van der Waals surface area (Å²) in [5.41, 5.74) is 12.3. The highest BCUT2D eigenvalue weighted by Crippen LogP contribution is 2.44. The summed E-state index contributed by atoms with van der Waals surface area (Å²) in [5.74, 6) is -1.84. The van der Waals surface area contributed by atoms with Gasteiger partial charge in [-0.1, -0.05) is 48.5 Å². The van der Waals surface area contributed by atoms with E-state index in [9.17, 15) is 19.5 Å². The first-order valence-electron chi connectivity index (χ1n) is 11.0. The summed E-state index contributed by atoms with van der Waals surface area (Å²) in [6.07, 6.45) is -0.741. The first kappa shape index (κ1) is 23.0. The molecule has 1 atom stereocenters. The van der Waals surface area contributed by atoms with Gasteiger partial charge in [0, 0.05) is 17.9 Å². The standard InChI is InChI=1S/C27H26N2O5/c1-15-11-17(25(28)30)12-16(2)22(15)13-24(26(31)32)29-27(33)34-14-23-20-9-5-3-7-18(20)19-8-4-6-10-21(19)23/h3-12,23-24H,13-14H2,1-2H3,(H2,28,30)(H,29,33)(H,31,32)/t24-/m0/s1. The Labute approximate surface area is 197 Å². The molecule has 0 spiro atoms. The van der Waals surface area contributed by atoms with Gasteiger partial charge >= 0.3 is 12.1 Å². The van der Waals surface area contributed by atoms with E-state index < -0.39 is 24.0 Å². The van der Waals surface area contributed by atoms with E-state index in [4.69, 9.17) is 10.5 Å². The Morgan fingerprint density at radius 2 is 1.50 bits per heavy atom. The Morgan fingerprint density at radius 1 is 0.971 bits per heavy atom. The van der Waals surface area contributed by atoms with Crippen molar-refractivity contribution in [2.45, 2.75) is 32.2 Å². The molecule has 0 aliphatic heterocycles. The largest absolute Gasteiger partial charge is 0.480 e. The van der Waals surface area contributed by atoms with Gasteiger partial charge in [-0.15, -0.1) is 0 Å². The quantitative estimate of drug-likeness (QED) is 0.496. The summed E-state index contributed by atoms with van der Waals surface area (Å²) in [6, 6.07) is 18.0. The van der Waals surface area contributed by atoms with Crippen LogP contribution in [0.2, 0.25) is 0 Å². The highest BCUT2D eigenvalue weighted by Gasteiger charge is 2.30. The molecule has 2 amide bonds. The van der Waals surface area contributed by atoms with Gasteiger partial charge in [-0.2, -0.15) is 0 Å². The van der Waals surface area contributed by atoms with Crippen LogP contribution in [0.25, 0.3) is 11.1 Å². The fourth-order valence-corrected chi connectivity index (χ4v) is 4.64. The lowest BCUT2D eigenvalue weighted by Crippen LogP contribution is -2.43. The first-order valence-corrected chi connectivity index (χ1v) is 11.0. The van der Waals surface area contributed by atoms with Crippen molar-refractivity contribution in [3.05, 3.63) is 94.0 Å². The van der Waals surface area contributed by atoms with Crippen molar-refractivity contribution in [2.75, 3.05) is 6.61 Å². The zero-order valence-electron chi connectivity index (χ0n) is 19.0. The van der Waals surface area contributed by atoms with Gasteiger partial charge in [-0.3, -0.25) is 4.79 Å². The number of primary amides is 1. The predicted octanol–water partition coefficient (Wildman–Crippen LogP) is 3.94. The van der Waals surface area contributed by atoms with E-state index >= 15 is 0 Å². The first-order chi connectivity index (χ1) is 16.3. The van der Waals surface area contributed by atoms with Crippen molar-refractivity contribution in [3.63, 3.8) is 0 Å². The fraction of sp³-hybridized carbons (Fsp3) is 0.222. The number of nitrogens with two attached hydrogens (primary N) is 1. The third-order valence-corrected chi connectivity index (χ3v) is 6.32. The van der Waals surface area contributed by atoms with Crippen LogP contribution >= 0.6 is 0 Å². The van der Waals surface area contributed by atoms with Crippen LogP contribution in [0.1, 0.15) is 44.1 Å². The Balaban J connectivity index is 1.46. The minimum atomic E-state index is -1.19. The van der Waals surface area contributed by atoms with Crippen LogP contribution in [0.5, 0.6) is 0 Å². The number of aliphatic carboxylic acids is 1. The third-order valence-electron chi connectivity index (χ3n) is 6.32. The Hall–Kier alpha value is -4.13. The molecule has 7 nitrogen and oxygen atoms in total. The third kappa shape index (κ3) is 4.50. The lowest BCUT2D eigenvalue weighted by molar-refractivity contribution is -0.139. The van der Waals surface area contributed by atoms with Gasteiger partial charge in [0.25, 0.3) is 0 Å². The number of alkyl carbamates (subject to hydrolysis) is 1. The Morgan fingerprint density at radius 3 is 2.00 bits per heavy atom. The summed E-state index contributed by atoms with van der Waals surface area (Å²) in [6.45, 7) is 3.65. The zero-order valence-corrected chi connectivity index (χ0v) is 19.0. The van der Waals surface area contributed by atoms with Gasteiger partial charge < -0.3 is 20.9 Å². The summed E-state index contributed by atoms with van der Waals surface area (Å²) < 4.78 is 5.49. The second kappa shape index (κ2) is 9.39. The molecule has 0 heterocycles. The highest BCUT2D eigenvalue weighted by molar-refractivity contribution is 5.93. The minimum absolute atomic E-state index is 0.0518. The molecular weight excluding hydrogens is 432 g/mol. The molecule has 34 heavy (non-hydrogen) atoms. The summed E-state index contributed by atoms with van der Waals surface area (Å²) in [7, 11) is 0. The molecule has 0 aromatic heterocycles. The van der Waals surface area contributed by atoms with Crippen LogP contribution < -0.4 is 11.1 Å². The summed E-state index contributed by atoms with van der Waals surface area (Å²) in [4.78, 5) is 35.9. The van der Waals surface area contributed by atoms with E-state index in [1.54, 1.807) is 26.0 Å². The molecule has 3 aromatic carbocycles. The summed E-state index contributed by atoms with van der Waals surface area (Å²) in [5, 5.41) is 12.2. The minimum Gasteiger partial charge on any atom is -0.480 e. The van der Waals surface area contributed by atoms with Gasteiger partial charge in [0.1, 0.15) is 12.6 Å². The fourth-order valence-electron chi connectivity index (χ4n) is 4.64. The number of carbonyl (C=O) groups is 3. The number of hydrogen-bond acceptors (Lipinski definition) is 4. The monoisotopic (exact) mass is 458 g/mol. The van der Waals surface area contributed by atoms with Crippen LogP contribution in [-0.2, 0) is 16.0 Å². The maximum absolute atomic E-state index is 12.6. The van der Waals surface area contributed by atoms with E-state index in [-0.39, 0.29) is 18.9 Å². The molecule has 0 radical (unpaired) electrons. The van der Waals surface area contributed by atoms with Crippen LogP contribution in [0.4, 0.5) is 4.79 Å². The normalized spacial score (nSPS) is 13.0. The molecule has 0 saturated carbocycles. The molecule has 7 heteroatoms.